The van der Waals surface area contributed by atoms with E-state index in [4.69, 9.17) is 10.00 Å². The van der Waals surface area contributed by atoms with Crippen LogP contribution in [-0.2, 0) is 16.2 Å². The topological polar surface area (TPSA) is 120 Å². The number of hydrogen-bond donors (Lipinski definition) is 3. The molecule has 2 aromatic rings. The van der Waals surface area contributed by atoms with E-state index in [-0.39, 0.29) is 28.6 Å². The number of carbonyl (C=O) groups excluding carboxylic acids is 1. The van der Waals surface area contributed by atoms with Gasteiger partial charge in [-0.2, -0.15) is 23.2 Å². The summed E-state index contributed by atoms with van der Waals surface area (Å²) < 4.78 is 71.6. The van der Waals surface area contributed by atoms with Gasteiger partial charge in [-0.3, -0.25) is 0 Å². The number of amides is 2. The van der Waals surface area contributed by atoms with Crippen LogP contribution in [0.3, 0.4) is 0 Å². The molecule has 0 saturated heterocycles. The molecule has 0 aromatic heterocycles. The second-order valence-electron chi connectivity index (χ2n) is 7.05. The van der Waals surface area contributed by atoms with Crippen LogP contribution >= 0.6 is 0 Å². The van der Waals surface area contributed by atoms with Crippen molar-refractivity contribution in [3.05, 3.63) is 48.0 Å². The van der Waals surface area contributed by atoms with Gasteiger partial charge in [0.1, 0.15) is 11.3 Å². The number of benzene rings is 2. The third-order valence-electron chi connectivity index (χ3n) is 4.55. The number of ether oxygens (including phenoxy) is 1. The minimum Gasteiger partial charge on any atom is -0.492 e. The number of nitrogens with one attached hydrogen (secondary N) is 3. The van der Waals surface area contributed by atoms with Crippen molar-refractivity contribution >= 4 is 27.4 Å². The summed E-state index contributed by atoms with van der Waals surface area (Å²) in [5.74, 6) is 0.159. The van der Waals surface area contributed by atoms with Crippen molar-refractivity contribution in [2.24, 2.45) is 0 Å². The van der Waals surface area contributed by atoms with E-state index in [0.29, 0.717) is 12.8 Å². The average molecular weight is 468 g/mol. The summed E-state index contributed by atoms with van der Waals surface area (Å²) in [6.07, 6.45) is -3.79. The molecule has 0 bridgehead atoms. The van der Waals surface area contributed by atoms with E-state index in [9.17, 15) is 26.4 Å². The first kappa shape index (κ1) is 23.4. The lowest BCUT2D eigenvalue weighted by Gasteiger charge is -2.16. The smallest absolute Gasteiger partial charge is 0.416 e. The summed E-state index contributed by atoms with van der Waals surface area (Å²) in [5.41, 5.74) is -2.19. The van der Waals surface area contributed by atoms with Crippen LogP contribution in [0.1, 0.15) is 25.3 Å². The summed E-state index contributed by atoms with van der Waals surface area (Å²) in [6, 6.07) is 8.83. The molecule has 0 aliphatic heterocycles. The molecule has 1 aliphatic carbocycles. The van der Waals surface area contributed by atoms with Crippen molar-refractivity contribution in [3.63, 3.8) is 0 Å². The van der Waals surface area contributed by atoms with Crippen molar-refractivity contribution in [1.29, 1.82) is 5.26 Å². The van der Waals surface area contributed by atoms with Gasteiger partial charge in [-0.1, -0.05) is 6.07 Å². The lowest BCUT2D eigenvalue weighted by molar-refractivity contribution is -0.137. The largest absolute Gasteiger partial charge is 0.492 e. The monoisotopic (exact) mass is 468 g/mol. The van der Waals surface area contributed by atoms with Gasteiger partial charge >= 0.3 is 12.2 Å². The molecule has 32 heavy (non-hydrogen) atoms. The Morgan fingerprint density at radius 1 is 1.19 bits per heavy atom. The second kappa shape index (κ2) is 8.68. The summed E-state index contributed by atoms with van der Waals surface area (Å²) in [7, 11) is -4.06. The second-order valence-corrected chi connectivity index (χ2v) is 8.73. The van der Waals surface area contributed by atoms with Crippen LogP contribution in [0.4, 0.5) is 29.3 Å². The van der Waals surface area contributed by atoms with Gasteiger partial charge in [0, 0.05) is 5.69 Å². The lowest BCUT2D eigenvalue weighted by Crippen LogP contribution is -2.35. The van der Waals surface area contributed by atoms with E-state index in [1.807, 2.05) is 6.07 Å². The first-order valence-electron chi connectivity index (χ1n) is 9.45. The fourth-order valence-electron chi connectivity index (χ4n) is 2.79. The molecular weight excluding hydrogens is 449 g/mol. The van der Waals surface area contributed by atoms with E-state index >= 15 is 0 Å². The Balaban J connectivity index is 1.82. The maximum atomic E-state index is 12.9. The number of nitrogens with zero attached hydrogens (tertiary/aromatic N) is 1. The number of urea groups is 1. The quantitative estimate of drug-likeness (QED) is 0.566. The first-order chi connectivity index (χ1) is 15.0. The van der Waals surface area contributed by atoms with Gasteiger partial charge in [-0.25, -0.2) is 13.2 Å². The molecule has 3 N–H and O–H groups in total. The third-order valence-corrected chi connectivity index (χ3v) is 6.08. The zero-order chi connectivity index (χ0) is 23.6. The molecule has 0 atom stereocenters. The Hall–Kier alpha value is -3.30. The number of sulfonamides is 1. The van der Waals surface area contributed by atoms with Crippen LogP contribution in [0.25, 0.3) is 0 Å². The van der Waals surface area contributed by atoms with Gasteiger partial charge in [0.05, 0.1) is 28.8 Å². The highest BCUT2D eigenvalue weighted by Gasteiger charge is 2.46. The maximum absolute atomic E-state index is 12.9. The number of hydrogen-bond acceptors (Lipinski definition) is 5. The Bertz CT molecular complexity index is 1170. The van der Waals surface area contributed by atoms with Gasteiger partial charge in [-0.15, -0.1) is 0 Å². The Morgan fingerprint density at radius 2 is 1.91 bits per heavy atom. The first-order valence-corrected chi connectivity index (χ1v) is 10.9. The predicted octanol–water partition coefficient (Wildman–Crippen LogP) is 4.08. The lowest BCUT2D eigenvalue weighted by atomic mass is 10.2. The van der Waals surface area contributed by atoms with Gasteiger partial charge in [0.25, 0.3) is 0 Å². The minimum absolute atomic E-state index is 0.0130. The highest BCUT2D eigenvalue weighted by atomic mass is 32.2. The summed E-state index contributed by atoms with van der Waals surface area (Å²) in [6.45, 7) is 1.90. The Kier molecular flexibility index (Phi) is 6.34. The van der Waals surface area contributed by atoms with Crippen molar-refractivity contribution < 1.29 is 31.1 Å². The van der Waals surface area contributed by atoms with E-state index in [1.165, 1.54) is 18.2 Å². The molecule has 1 aliphatic rings. The maximum Gasteiger partial charge on any atom is 0.416 e. The highest BCUT2D eigenvalue weighted by molar-refractivity contribution is 7.89. The van der Waals surface area contributed by atoms with E-state index < -0.39 is 33.3 Å². The van der Waals surface area contributed by atoms with E-state index in [0.717, 1.165) is 24.3 Å². The van der Waals surface area contributed by atoms with Gasteiger partial charge in [-0.05, 0) is 56.2 Å². The van der Waals surface area contributed by atoms with Crippen molar-refractivity contribution in [3.8, 4) is 11.8 Å². The number of nitriles is 1. The minimum atomic E-state index is -4.58. The Morgan fingerprint density at radius 3 is 2.50 bits per heavy atom. The number of rotatable bonds is 7. The summed E-state index contributed by atoms with van der Waals surface area (Å²) in [5, 5.41) is 13.8. The summed E-state index contributed by atoms with van der Waals surface area (Å²) >= 11 is 0. The molecule has 0 spiro atoms. The molecular formula is C20H19F3N4O4S. The highest BCUT2D eigenvalue weighted by Crippen LogP contribution is 2.37. The summed E-state index contributed by atoms with van der Waals surface area (Å²) in [4.78, 5) is 12.2. The van der Waals surface area contributed by atoms with Crippen LogP contribution in [0.15, 0.2) is 47.4 Å². The van der Waals surface area contributed by atoms with Gasteiger partial charge in [0.2, 0.25) is 10.0 Å². The molecule has 170 valence electrons. The molecule has 2 amide bonds. The fourth-order valence-corrected chi connectivity index (χ4v) is 4.19. The predicted molar refractivity (Wildman–Crippen MR) is 110 cm³/mol. The van der Waals surface area contributed by atoms with Crippen LogP contribution in [0.2, 0.25) is 0 Å². The average Bonchev–Trinajstić information content (AvgIpc) is 3.48. The van der Waals surface area contributed by atoms with Crippen molar-refractivity contribution in [2.45, 2.75) is 36.4 Å². The van der Waals surface area contributed by atoms with Crippen molar-refractivity contribution in [2.75, 3.05) is 17.2 Å². The number of anilines is 2. The normalized spacial score (nSPS) is 14.8. The zero-order valence-electron chi connectivity index (χ0n) is 16.8. The van der Waals surface area contributed by atoms with Crippen LogP contribution in [0, 0.1) is 11.3 Å². The van der Waals surface area contributed by atoms with E-state index in [1.54, 1.807) is 6.92 Å². The zero-order valence-corrected chi connectivity index (χ0v) is 17.6. The molecule has 2 aromatic carbocycles. The number of halogens is 3. The fraction of sp³-hybridized carbons (Fsp3) is 0.300. The third kappa shape index (κ3) is 5.49. The SMILES string of the molecule is CCOc1ccc(S(=O)(=O)NC2(C#N)CC2)cc1NC(=O)Nc1cccc(C(F)(F)F)c1. The standard InChI is InChI=1S/C20H19F3N4O4S/c1-2-31-17-7-6-15(32(29,30)27-19(12-24)8-9-19)11-16(17)26-18(28)25-14-5-3-4-13(10-14)20(21,22)23/h3-7,10-11,27H,2,8-9H2,1H3,(H2,25,26,28). The molecule has 3 rings (SSSR count). The molecule has 8 nitrogen and oxygen atoms in total. The van der Waals surface area contributed by atoms with Crippen LogP contribution in [0.5, 0.6) is 5.75 Å². The molecule has 0 heterocycles. The number of carbonyl (C=O) groups is 1. The van der Waals surface area contributed by atoms with Gasteiger partial charge < -0.3 is 15.4 Å². The molecule has 1 fully saturated rings. The van der Waals surface area contributed by atoms with Crippen LogP contribution < -0.4 is 20.1 Å². The molecule has 0 radical (unpaired) electrons. The Labute approximate surface area is 182 Å². The number of alkyl halides is 3. The molecule has 12 heteroatoms. The molecule has 0 unspecified atom stereocenters. The van der Waals surface area contributed by atoms with Gasteiger partial charge in [0.15, 0.2) is 0 Å². The van der Waals surface area contributed by atoms with Crippen LogP contribution in [-0.4, -0.2) is 26.6 Å². The molecule has 1 saturated carbocycles. The van der Waals surface area contributed by atoms with E-state index in [2.05, 4.69) is 15.4 Å². The van der Waals surface area contributed by atoms with Crippen molar-refractivity contribution in [1.82, 2.24) is 4.72 Å².